The van der Waals surface area contributed by atoms with Gasteiger partial charge < -0.3 is 14.0 Å². The molecule has 5 rings (SSSR count). The monoisotopic (exact) mass is 398 g/mol. The van der Waals surface area contributed by atoms with E-state index in [1.165, 1.54) is 61.7 Å². The zero-order valence-electron chi connectivity index (χ0n) is 18.5. The molecule has 3 nitrogen and oxygen atoms in total. The van der Waals surface area contributed by atoms with Gasteiger partial charge >= 0.3 is 0 Å². The van der Waals surface area contributed by atoms with Gasteiger partial charge in [0.05, 0.1) is 19.7 Å². The number of rotatable bonds is 6. The molecule has 0 unspecified atom stereocenters. The summed E-state index contributed by atoms with van der Waals surface area (Å²) in [5.74, 6) is 2.63. The van der Waals surface area contributed by atoms with Crippen LogP contribution in [0.25, 0.3) is 0 Å². The van der Waals surface area contributed by atoms with Crippen LogP contribution in [0.3, 0.4) is 0 Å². The third-order valence-electron chi connectivity index (χ3n) is 9.03. The van der Waals surface area contributed by atoms with Crippen LogP contribution in [0.4, 0.5) is 0 Å². The molecule has 0 spiro atoms. The van der Waals surface area contributed by atoms with Crippen LogP contribution in [-0.4, -0.2) is 43.1 Å². The molecule has 0 aromatic heterocycles. The molecule has 1 aromatic rings. The number of piperidine rings is 1. The molecule has 2 bridgehead atoms. The highest BCUT2D eigenvalue weighted by molar-refractivity contribution is 5.13. The summed E-state index contributed by atoms with van der Waals surface area (Å²) in [6.07, 6.45) is 9.84. The fourth-order valence-electron chi connectivity index (χ4n) is 7.39. The Kier molecular flexibility index (Phi) is 5.51. The Morgan fingerprint density at radius 3 is 2.55 bits per heavy atom. The lowest BCUT2D eigenvalue weighted by Gasteiger charge is -2.43. The lowest BCUT2D eigenvalue weighted by atomic mass is 9.67. The minimum atomic E-state index is 0.0326. The Labute approximate surface area is 177 Å². The Hall–Kier alpha value is -0.900. The van der Waals surface area contributed by atoms with Gasteiger partial charge in [-0.25, -0.2) is 0 Å². The number of quaternary nitrogens is 1. The lowest BCUT2D eigenvalue weighted by molar-refractivity contribution is -0.947. The van der Waals surface area contributed by atoms with Crippen LogP contribution in [0.15, 0.2) is 30.3 Å². The Balaban J connectivity index is 1.21. The summed E-state index contributed by atoms with van der Waals surface area (Å²) >= 11 is 0. The quantitative estimate of drug-likeness (QED) is 0.598. The van der Waals surface area contributed by atoms with E-state index in [1.54, 1.807) is 0 Å². The van der Waals surface area contributed by atoms with E-state index in [0.29, 0.717) is 5.41 Å². The van der Waals surface area contributed by atoms with Crippen LogP contribution < -0.4 is 0 Å². The first-order valence-corrected chi connectivity index (χ1v) is 12.2. The van der Waals surface area contributed by atoms with Crippen molar-refractivity contribution in [3.63, 3.8) is 0 Å². The Morgan fingerprint density at radius 1 is 1.03 bits per heavy atom. The zero-order chi connectivity index (χ0) is 19.9. The van der Waals surface area contributed by atoms with Gasteiger partial charge in [-0.2, -0.15) is 0 Å². The normalized spacial score (nSPS) is 37.8. The van der Waals surface area contributed by atoms with Crippen LogP contribution in [0, 0.1) is 23.2 Å². The van der Waals surface area contributed by atoms with E-state index in [9.17, 15) is 0 Å². The summed E-state index contributed by atoms with van der Waals surface area (Å²) in [6, 6.07) is 11.1. The van der Waals surface area contributed by atoms with Gasteiger partial charge in [0, 0.05) is 12.0 Å². The van der Waals surface area contributed by atoms with Crippen LogP contribution in [0.2, 0.25) is 0 Å². The maximum atomic E-state index is 6.55. The second-order valence-electron chi connectivity index (χ2n) is 11.1. The Morgan fingerprint density at radius 2 is 1.83 bits per heavy atom. The third-order valence-corrected chi connectivity index (χ3v) is 9.03. The first kappa shape index (κ1) is 20.0. The first-order chi connectivity index (χ1) is 14.0. The van der Waals surface area contributed by atoms with Crippen LogP contribution >= 0.6 is 0 Å². The number of fused-ring (bicyclic) bond motifs is 2. The minimum absolute atomic E-state index is 0.0326. The predicted molar refractivity (Wildman–Crippen MR) is 116 cm³/mol. The van der Waals surface area contributed by atoms with Crippen molar-refractivity contribution < 1.29 is 14.0 Å². The van der Waals surface area contributed by atoms with E-state index in [0.717, 1.165) is 43.9 Å². The molecule has 3 heteroatoms. The molecule has 2 aliphatic heterocycles. The van der Waals surface area contributed by atoms with E-state index < -0.39 is 0 Å². The number of hydrogen-bond donors (Lipinski definition) is 0. The van der Waals surface area contributed by atoms with Crippen molar-refractivity contribution in [3.8, 4) is 0 Å². The Bertz CT molecular complexity index is 681. The maximum absolute atomic E-state index is 6.55. The van der Waals surface area contributed by atoms with Crippen molar-refractivity contribution >= 4 is 0 Å². The molecule has 2 heterocycles. The fourth-order valence-corrected chi connectivity index (χ4v) is 7.39. The summed E-state index contributed by atoms with van der Waals surface area (Å²) in [5, 5.41) is 0. The summed E-state index contributed by atoms with van der Waals surface area (Å²) in [6.45, 7) is 10.6. The van der Waals surface area contributed by atoms with Gasteiger partial charge in [-0.1, -0.05) is 44.2 Å². The molecule has 4 aliphatic rings. The van der Waals surface area contributed by atoms with Gasteiger partial charge in [0.1, 0.15) is 19.2 Å². The third kappa shape index (κ3) is 4.03. The minimum Gasteiger partial charge on any atom is -0.350 e. The molecule has 5 atom stereocenters. The van der Waals surface area contributed by atoms with Gasteiger partial charge in [0.25, 0.3) is 0 Å². The molecule has 160 valence electrons. The molecule has 2 aliphatic carbocycles. The molecule has 0 amide bonds. The molecule has 0 N–H and O–H groups in total. The van der Waals surface area contributed by atoms with E-state index in [-0.39, 0.29) is 12.4 Å². The van der Waals surface area contributed by atoms with Crippen molar-refractivity contribution in [1.82, 2.24) is 0 Å². The highest BCUT2D eigenvalue weighted by Crippen LogP contribution is 2.60. The van der Waals surface area contributed by atoms with Gasteiger partial charge in [-0.3, -0.25) is 0 Å². The number of hydrogen-bond acceptors (Lipinski definition) is 2. The fraction of sp³-hybridized carbons (Fsp3) is 0.769. The lowest BCUT2D eigenvalue weighted by Crippen LogP contribution is -2.54. The molecule has 0 radical (unpaired) electrons. The highest BCUT2D eigenvalue weighted by atomic mass is 16.7. The number of benzene rings is 1. The van der Waals surface area contributed by atoms with Crippen molar-refractivity contribution in [2.75, 3.05) is 26.2 Å². The second-order valence-corrected chi connectivity index (χ2v) is 11.1. The summed E-state index contributed by atoms with van der Waals surface area (Å²) in [5.41, 5.74) is 1.94. The van der Waals surface area contributed by atoms with E-state index in [1.807, 2.05) is 0 Å². The standard InChI is InChI=1S/C26H40NO2/c1-26(2)22-12-11-21(15-22)24(26)16-25-28-19-23(29-25)18-27(13-7-4-8-14-27)17-20-9-5-3-6-10-20/h3,5-6,9-10,21-25H,4,7-8,11-19H2,1-2H3/q+1/t21-,22+,23+,24-,25+/m1/s1. The van der Waals surface area contributed by atoms with Crippen molar-refractivity contribution in [3.05, 3.63) is 35.9 Å². The average molecular weight is 399 g/mol. The zero-order valence-corrected chi connectivity index (χ0v) is 18.5. The molecular formula is C26H40NO2+. The number of likely N-dealkylation sites (tertiary alicyclic amines) is 1. The van der Waals surface area contributed by atoms with E-state index in [4.69, 9.17) is 9.47 Å². The summed E-state index contributed by atoms with van der Waals surface area (Å²) < 4.78 is 14.0. The number of nitrogens with zero attached hydrogens (tertiary/aromatic N) is 1. The summed E-state index contributed by atoms with van der Waals surface area (Å²) in [7, 11) is 0. The average Bonchev–Trinajstić information content (AvgIpc) is 3.41. The molecule has 1 aromatic carbocycles. The number of ether oxygens (including phenoxy) is 2. The van der Waals surface area contributed by atoms with Crippen molar-refractivity contribution in [2.24, 2.45) is 23.2 Å². The van der Waals surface area contributed by atoms with Crippen LogP contribution in [0.1, 0.15) is 64.4 Å². The molecule has 4 fully saturated rings. The van der Waals surface area contributed by atoms with Crippen molar-refractivity contribution in [2.45, 2.75) is 77.7 Å². The van der Waals surface area contributed by atoms with E-state index in [2.05, 4.69) is 44.2 Å². The van der Waals surface area contributed by atoms with Gasteiger partial charge in [-0.15, -0.1) is 0 Å². The van der Waals surface area contributed by atoms with Gasteiger partial charge in [0.2, 0.25) is 0 Å². The molecule has 29 heavy (non-hydrogen) atoms. The SMILES string of the molecule is CC1(C)[C@H]2CC[C@H](C2)[C@H]1C[C@H]1OC[C@H](C[N+]2(Cc3ccccc3)CCCCC2)O1. The molecule has 2 saturated heterocycles. The topological polar surface area (TPSA) is 18.5 Å². The van der Waals surface area contributed by atoms with Crippen LogP contribution in [0.5, 0.6) is 0 Å². The van der Waals surface area contributed by atoms with Gasteiger partial charge in [-0.05, 0) is 61.7 Å². The predicted octanol–water partition coefficient (Wildman–Crippen LogP) is 5.39. The molecule has 2 saturated carbocycles. The smallest absolute Gasteiger partial charge is 0.158 e. The second kappa shape index (κ2) is 7.98. The summed E-state index contributed by atoms with van der Waals surface area (Å²) in [4.78, 5) is 0. The largest absolute Gasteiger partial charge is 0.350 e. The van der Waals surface area contributed by atoms with Gasteiger partial charge in [0.15, 0.2) is 6.29 Å². The maximum Gasteiger partial charge on any atom is 0.158 e. The highest BCUT2D eigenvalue weighted by Gasteiger charge is 2.53. The van der Waals surface area contributed by atoms with Crippen LogP contribution in [-0.2, 0) is 16.0 Å². The van der Waals surface area contributed by atoms with Crippen molar-refractivity contribution in [1.29, 1.82) is 0 Å². The first-order valence-electron chi connectivity index (χ1n) is 12.2. The molecular weight excluding hydrogens is 358 g/mol. The van der Waals surface area contributed by atoms with E-state index >= 15 is 0 Å².